The summed E-state index contributed by atoms with van der Waals surface area (Å²) in [6.07, 6.45) is 1.29. The van der Waals surface area contributed by atoms with Crippen LogP contribution in [-0.2, 0) is 25.0 Å². The fourth-order valence-electron chi connectivity index (χ4n) is 0.460. The number of hydrogen-bond acceptors (Lipinski definition) is 6. The highest BCUT2D eigenvalue weighted by Gasteiger charge is 2.36. The third kappa shape index (κ3) is 4.84. The zero-order valence-corrected chi connectivity index (χ0v) is 8.32. The molecule has 2 atom stereocenters. The molecule has 2 unspecified atom stereocenters. The highest BCUT2D eigenvalue weighted by atomic mass is 32.2. The van der Waals surface area contributed by atoms with Gasteiger partial charge in [0, 0.05) is 7.11 Å². The van der Waals surface area contributed by atoms with Crippen LogP contribution in [0.25, 0.3) is 0 Å². The molecule has 0 bridgehead atoms. The van der Waals surface area contributed by atoms with Gasteiger partial charge in [-0.25, -0.2) is 8.39 Å². The first kappa shape index (κ1) is 13.2. The van der Waals surface area contributed by atoms with E-state index in [9.17, 15) is 17.5 Å². The Morgan fingerprint density at radius 3 is 2.38 bits per heavy atom. The topological polar surface area (TPSA) is 67.8 Å². The smallest absolute Gasteiger partial charge is 0.353 e. The summed E-state index contributed by atoms with van der Waals surface area (Å²) in [6.45, 7) is -3.20. The van der Waals surface area contributed by atoms with Crippen molar-refractivity contribution in [3.63, 3.8) is 0 Å². The van der Waals surface area contributed by atoms with Gasteiger partial charge in [0.05, 0.1) is 11.4 Å². The van der Waals surface area contributed by atoms with Crippen LogP contribution in [0.4, 0.5) is 8.78 Å². The molecule has 0 N–H and O–H groups in total. The van der Waals surface area contributed by atoms with E-state index in [0.717, 1.165) is 7.11 Å². The average Bonchev–Trinajstić information content (AvgIpc) is 2.01. The fraction of sp³-hybridized carbons (Fsp3) is 1.00. The second-order valence-electron chi connectivity index (χ2n) is 1.57. The van der Waals surface area contributed by atoms with Gasteiger partial charge in [-0.1, -0.05) is 11.8 Å². The summed E-state index contributed by atoms with van der Waals surface area (Å²) in [5.41, 5.74) is 0. The third-order valence-electron chi connectivity index (χ3n) is 0.904. The lowest BCUT2D eigenvalue weighted by Crippen LogP contribution is -2.36. The molecule has 0 heterocycles. The van der Waals surface area contributed by atoms with Crippen molar-refractivity contribution < 1.29 is 31.2 Å². The van der Waals surface area contributed by atoms with Crippen molar-refractivity contribution in [3.05, 3.63) is 0 Å². The second kappa shape index (κ2) is 5.83. The molecule has 0 saturated carbocycles. The Morgan fingerprint density at radius 2 is 2.15 bits per heavy atom. The molecule has 9 heteroatoms. The van der Waals surface area contributed by atoms with Crippen molar-refractivity contribution in [3.8, 4) is 0 Å². The zero-order valence-electron chi connectivity index (χ0n) is 6.69. The molecular weight excluding hydrogens is 230 g/mol. The third-order valence-corrected chi connectivity index (χ3v) is 2.21. The van der Waals surface area contributed by atoms with Crippen molar-refractivity contribution in [2.24, 2.45) is 0 Å². The fourth-order valence-corrected chi connectivity index (χ4v) is 1.51. The average molecular weight is 237 g/mol. The molecule has 0 aromatic carbocycles. The molecule has 0 aliphatic carbocycles. The van der Waals surface area contributed by atoms with Gasteiger partial charge >= 0.3 is 11.9 Å². The van der Waals surface area contributed by atoms with Gasteiger partial charge in [0.15, 0.2) is 0 Å². The van der Waals surface area contributed by atoms with E-state index >= 15 is 0 Å². The van der Waals surface area contributed by atoms with Crippen LogP contribution in [0.3, 0.4) is 0 Å². The Morgan fingerprint density at radius 1 is 1.62 bits per heavy atom. The van der Waals surface area contributed by atoms with Gasteiger partial charge in [-0.15, -0.1) is 0 Å². The Labute approximate surface area is 80.2 Å². The number of ether oxygens (including phenoxy) is 2. The summed E-state index contributed by atoms with van der Waals surface area (Å²) in [4.78, 5) is 0. The molecule has 0 aliphatic rings. The van der Waals surface area contributed by atoms with Crippen LogP contribution < -0.4 is 0 Å². The lowest BCUT2D eigenvalue weighted by Gasteiger charge is -2.28. The van der Waals surface area contributed by atoms with E-state index < -0.39 is 23.3 Å². The summed E-state index contributed by atoms with van der Waals surface area (Å²) in [6, 6.07) is 0. The molecule has 80 valence electrons. The van der Waals surface area contributed by atoms with Crippen molar-refractivity contribution in [2.45, 2.75) is 11.9 Å². The number of alkyl halides is 2. The molecule has 0 aliphatic heterocycles. The minimum absolute atomic E-state index is 0.534. The van der Waals surface area contributed by atoms with E-state index in [1.165, 1.54) is 6.26 Å². The molecule has 0 rings (SSSR count). The summed E-state index contributed by atoms with van der Waals surface area (Å²) >= 11 is -2.47. The van der Waals surface area contributed by atoms with E-state index in [0.29, 0.717) is 11.8 Å². The maximum atomic E-state index is 11.8. The van der Waals surface area contributed by atoms with Crippen LogP contribution in [-0.4, -0.2) is 34.0 Å². The summed E-state index contributed by atoms with van der Waals surface area (Å²) < 4.78 is 55.9. The molecule has 13 heavy (non-hydrogen) atoms. The molecule has 0 aromatic rings. The van der Waals surface area contributed by atoms with Crippen LogP contribution in [0.15, 0.2) is 0 Å². The Balaban J connectivity index is 4.39. The monoisotopic (exact) mass is 237 g/mol. The molecule has 0 fully saturated rings. The van der Waals surface area contributed by atoms with Crippen LogP contribution in [0.5, 0.6) is 0 Å². The first-order valence-corrected chi connectivity index (χ1v) is 5.03. The number of rotatable bonds is 6. The van der Waals surface area contributed by atoms with Gasteiger partial charge in [0.25, 0.3) is 0 Å². The first-order valence-electron chi connectivity index (χ1n) is 2.81. The highest BCUT2D eigenvalue weighted by Crippen LogP contribution is 2.29. The van der Waals surface area contributed by atoms with E-state index in [2.05, 4.69) is 13.7 Å². The number of methoxy groups -OCH3 is 1. The summed E-state index contributed by atoms with van der Waals surface area (Å²) in [5, 5.41) is -2.32. The standard InChI is InChI=1S/C4H8F2O5S2/c1-9-4(12-2,10-3(5)6)11-13(7)8/h3H,1-2H3,(H,7,8)/p-1. The largest absolute Gasteiger partial charge is 0.750 e. The summed E-state index contributed by atoms with van der Waals surface area (Å²) in [5.74, 6) is 0. The minimum atomic E-state index is -3.20. The van der Waals surface area contributed by atoms with Crippen molar-refractivity contribution in [2.75, 3.05) is 13.4 Å². The van der Waals surface area contributed by atoms with Gasteiger partial charge in [0.1, 0.15) is 0 Å². The van der Waals surface area contributed by atoms with Crippen molar-refractivity contribution in [1.82, 2.24) is 0 Å². The second-order valence-corrected chi connectivity index (χ2v) is 3.06. The Hall–Kier alpha value is 0.200. The van der Waals surface area contributed by atoms with Gasteiger partial charge < -0.3 is 9.29 Å². The predicted molar refractivity (Wildman–Crippen MR) is 40.3 cm³/mol. The SMILES string of the molecule is COC(OC(F)F)(OS(=O)[O-])SC. The highest BCUT2D eigenvalue weighted by molar-refractivity contribution is 7.99. The maximum Gasteiger partial charge on any atom is 0.353 e. The van der Waals surface area contributed by atoms with Gasteiger partial charge in [-0.3, -0.25) is 4.74 Å². The van der Waals surface area contributed by atoms with Crippen LogP contribution in [0.1, 0.15) is 0 Å². The molecule has 0 radical (unpaired) electrons. The van der Waals surface area contributed by atoms with Crippen LogP contribution in [0.2, 0.25) is 0 Å². The molecule has 0 aromatic heterocycles. The first-order chi connectivity index (χ1) is 5.95. The molecule has 5 nitrogen and oxygen atoms in total. The summed E-state index contributed by atoms with van der Waals surface area (Å²) in [7, 11) is 0.978. The van der Waals surface area contributed by atoms with Crippen LogP contribution >= 0.6 is 11.8 Å². The predicted octanol–water partition coefficient (Wildman–Crippen LogP) is 0.657. The van der Waals surface area contributed by atoms with Crippen molar-refractivity contribution in [1.29, 1.82) is 0 Å². The maximum absolute atomic E-state index is 11.8. The van der Waals surface area contributed by atoms with Crippen molar-refractivity contribution >= 4 is 23.1 Å². The Bertz CT molecular complexity index is 174. The normalized spacial score (nSPS) is 18.6. The molecule has 0 saturated heterocycles. The lowest BCUT2D eigenvalue weighted by atomic mass is 11.2. The molecule has 0 spiro atoms. The number of hydrogen-bond donors (Lipinski definition) is 0. The number of thioether (sulfide) groups is 1. The molecular formula is C4H7F2O5S2-. The minimum Gasteiger partial charge on any atom is -0.750 e. The Kier molecular flexibility index (Phi) is 5.92. The van der Waals surface area contributed by atoms with Gasteiger partial charge in [-0.05, 0) is 6.26 Å². The molecule has 0 amide bonds. The quantitative estimate of drug-likeness (QED) is 0.499. The van der Waals surface area contributed by atoms with Gasteiger partial charge in [0.2, 0.25) is 0 Å². The van der Waals surface area contributed by atoms with E-state index in [-0.39, 0.29) is 0 Å². The van der Waals surface area contributed by atoms with Gasteiger partial charge in [-0.2, -0.15) is 8.78 Å². The van der Waals surface area contributed by atoms with E-state index in [1.54, 1.807) is 0 Å². The van der Waals surface area contributed by atoms with E-state index in [4.69, 9.17) is 0 Å². The van der Waals surface area contributed by atoms with E-state index in [1.807, 2.05) is 0 Å². The zero-order chi connectivity index (χ0) is 10.5. The lowest BCUT2D eigenvalue weighted by molar-refractivity contribution is -0.330. The van der Waals surface area contributed by atoms with Crippen LogP contribution in [0, 0.1) is 0 Å². The number of halogens is 2.